The highest BCUT2D eigenvalue weighted by Crippen LogP contribution is 2.27. The number of carbonyl (C=O) groups excluding carboxylic acids is 1. The van der Waals surface area contributed by atoms with Crippen molar-refractivity contribution in [3.05, 3.63) is 22.8 Å². The lowest BCUT2D eigenvalue weighted by Gasteiger charge is -2.36. The first-order valence-electron chi connectivity index (χ1n) is 8.05. The Hall–Kier alpha value is -1.49. The monoisotopic (exact) mass is 339 g/mol. The molecule has 1 aromatic rings. The summed E-state index contributed by atoms with van der Waals surface area (Å²) in [5.74, 6) is 1.19. The van der Waals surface area contributed by atoms with Crippen LogP contribution in [0.4, 0.5) is 10.6 Å². The number of aromatic nitrogens is 1. The van der Waals surface area contributed by atoms with Crippen molar-refractivity contribution >= 4 is 23.5 Å². The molecule has 0 bridgehead atoms. The van der Waals surface area contributed by atoms with Gasteiger partial charge in [-0.3, -0.25) is 0 Å². The first-order chi connectivity index (χ1) is 10.7. The number of piperazine rings is 1. The first-order valence-corrected chi connectivity index (χ1v) is 8.43. The lowest BCUT2D eigenvalue weighted by atomic mass is 10.1. The van der Waals surface area contributed by atoms with Gasteiger partial charge in [-0.1, -0.05) is 25.4 Å². The minimum atomic E-state index is -0.467. The number of pyridine rings is 1. The van der Waals surface area contributed by atoms with Gasteiger partial charge in [0.2, 0.25) is 0 Å². The van der Waals surface area contributed by atoms with E-state index >= 15 is 0 Å². The normalized spacial score (nSPS) is 16.0. The molecule has 0 aliphatic carbocycles. The van der Waals surface area contributed by atoms with E-state index in [-0.39, 0.29) is 6.09 Å². The number of hydrogen-bond donors (Lipinski definition) is 0. The molecule has 0 N–H and O–H groups in total. The number of halogens is 1. The molecule has 1 aliphatic rings. The fraction of sp³-hybridized carbons (Fsp3) is 0.647. The molecule has 0 atom stereocenters. The standard InChI is InChI=1S/C17H26ClN3O2/c1-12(2)13-10-14(18)15(19-11-13)20-6-8-21(9-7-20)16(22)23-17(3,4)5/h10-12H,6-9H2,1-5H3. The topological polar surface area (TPSA) is 45.7 Å². The minimum absolute atomic E-state index is 0.258. The highest BCUT2D eigenvalue weighted by atomic mass is 35.5. The van der Waals surface area contributed by atoms with Crippen LogP contribution in [0.2, 0.25) is 5.02 Å². The van der Waals surface area contributed by atoms with Gasteiger partial charge < -0.3 is 14.5 Å². The van der Waals surface area contributed by atoms with Crippen molar-refractivity contribution in [2.24, 2.45) is 0 Å². The van der Waals surface area contributed by atoms with E-state index in [1.807, 2.05) is 33.0 Å². The SMILES string of the molecule is CC(C)c1cnc(N2CCN(C(=O)OC(C)(C)C)CC2)c(Cl)c1. The maximum atomic E-state index is 12.1. The van der Waals surface area contributed by atoms with Crippen molar-refractivity contribution in [1.82, 2.24) is 9.88 Å². The molecule has 0 radical (unpaired) electrons. The van der Waals surface area contributed by atoms with Crippen molar-refractivity contribution in [3.8, 4) is 0 Å². The van der Waals surface area contributed by atoms with E-state index in [1.165, 1.54) is 0 Å². The molecule has 1 aliphatic heterocycles. The molecule has 1 amide bonds. The van der Waals surface area contributed by atoms with Gasteiger partial charge in [0.25, 0.3) is 0 Å². The van der Waals surface area contributed by atoms with Gasteiger partial charge in [0.1, 0.15) is 11.4 Å². The van der Waals surface area contributed by atoms with Crippen LogP contribution in [0.15, 0.2) is 12.3 Å². The molecule has 0 aromatic carbocycles. The van der Waals surface area contributed by atoms with Gasteiger partial charge >= 0.3 is 6.09 Å². The Labute approximate surface area is 143 Å². The van der Waals surface area contributed by atoms with Crippen LogP contribution < -0.4 is 4.90 Å². The van der Waals surface area contributed by atoms with Gasteiger partial charge in [-0.25, -0.2) is 9.78 Å². The third-order valence-electron chi connectivity index (χ3n) is 3.74. The van der Waals surface area contributed by atoms with Gasteiger partial charge in [0.05, 0.1) is 5.02 Å². The summed E-state index contributed by atoms with van der Waals surface area (Å²) in [6.07, 6.45) is 1.62. The summed E-state index contributed by atoms with van der Waals surface area (Å²) in [4.78, 5) is 20.5. The Kier molecular flexibility index (Phi) is 5.40. The predicted molar refractivity (Wildman–Crippen MR) is 93.4 cm³/mol. The number of amides is 1. The highest BCUT2D eigenvalue weighted by Gasteiger charge is 2.27. The summed E-state index contributed by atoms with van der Waals surface area (Å²) in [7, 11) is 0. The quantitative estimate of drug-likeness (QED) is 0.819. The van der Waals surface area contributed by atoms with Crippen molar-refractivity contribution in [3.63, 3.8) is 0 Å². The Morgan fingerprint density at radius 2 is 1.87 bits per heavy atom. The van der Waals surface area contributed by atoms with E-state index in [1.54, 1.807) is 4.90 Å². The number of ether oxygens (including phenoxy) is 1. The van der Waals surface area contributed by atoms with Crippen molar-refractivity contribution < 1.29 is 9.53 Å². The Morgan fingerprint density at radius 1 is 1.26 bits per heavy atom. The van der Waals surface area contributed by atoms with E-state index < -0.39 is 5.60 Å². The maximum Gasteiger partial charge on any atom is 0.410 e. The van der Waals surface area contributed by atoms with Crippen LogP contribution in [0.25, 0.3) is 0 Å². The molecule has 6 heteroatoms. The van der Waals surface area contributed by atoms with Crippen LogP contribution in [0.5, 0.6) is 0 Å². The fourth-order valence-electron chi connectivity index (χ4n) is 2.42. The van der Waals surface area contributed by atoms with Crippen LogP contribution in [0.1, 0.15) is 46.1 Å². The lowest BCUT2D eigenvalue weighted by molar-refractivity contribution is 0.0240. The largest absolute Gasteiger partial charge is 0.444 e. The van der Waals surface area contributed by atoms with Crippen LogP contribution >= 0.6 is 11.6 Å². The van der Waals surface area contributed by atoms with Crippen molar-refractivity contribution in [1.29, 1.82) is 0 Å². The van der Waals surface area contributed by atoms with Gasteiger partial charge in [0, 0.05) is 32.4 Å². The molecule has 0 spiro atoms. The Morgan fingerprint density at radius 3 is 2.35 bits per heavy atom. The zero-order valence-corrected chi connectivity index (χ0v) is 15.4. The summed E-state index contributed by atoms with van der Waals surface area (Å²) in [6, 6.07) is 1.98. The fourth-order valence-corrected chi connectivity index (χ4v) is 2.72. The van der Waals surface area contributed by atoms with E-state index in [4.69, 9.17) is 16.3 Å². The number of hydrogen-bond acceptors (Lipinski definition) is 4. The molecule has 2 rings (SSSR count). The van der Waals surface area contributed by atoms with Crippen molar-refractivity contribution in [2.75, 3.05) is 31.1 Å². The van der Waals surface area contributed by atoms with Crippen LogP contribution in [0, 0.1) is 0 Å². The minimum Gasteiger partial charge on any atom is -0.444 e. The number of carbonyl (C=O) groups is 1. The summed E-state index contributed by atoms with van der Waals surface area (Å²) in [5.41, 5.74) is 0.664. The lowest BCUT2D eigenvalue weighted by Crippen LogP contribution is -2.50. The Bertz CT molecular complexity index is 561. The van der Waals surface area contributed by atoms with Gasteiger partial charge in [-0.2, -0.15) is 0 Å². The maximum absolute atomic E-state index is 12.1. The zero-order chi connectivity index (χ0) is 17.2. The number of rotatable bonds is 2. The second-order valence-electron chi connectivity index (χ2n) is 7.18. The summed E-state index contributed by atoms with van der Waals surface area (Å²) in [6.45, 7) is 12.5. The van der Waals surface area contributed by atoms with Crippen LogP contribution in [0.3, 0.4) is 0 Å². The molecule has 1 fully saturated rings. The second-order valence-corrected chi connectivity index (χ2v) is 7.59. The molecule has 128 valence electrons. The zero-order valence-electron chi connectivity index (χ0n) is 14.6. The molecule has 23 heavy (non-hydrogen) atoms. The summed E-state index contributed by atoms with van der Waals surface area (Å²) < 4.78 is 5.41. The van der Waals surface area contributed by atoms with Gasteiger partial charge in [-0.15, -0.1) is 0 Å². The van der Waals surface area contributed by atoms with Crippen molar-refractivity contribution in [2.45, 2.75) is 46.1 Å². The Balaban J connectivity index is 1.98. The smallest absolute Gasteiger partial charge is 0.410 e. The van der Waals surface area contributed by atoms with E-state index in [0.29, 0.717) is 37.1 Å². The predicted octanol–water partition coefficient (Wildman–Crippen LogP) is 3.92. The van der Waals surface area contributed by atoms with E-state index in [0.717, 1.165) is 11.4 Å². The second kappa shape index (κ2) is 6.95. The molecule has 0 unspecified atom stereocenters. The molecule has 5 nitrogen and oxygen atoms in total. The summed E-state index contributed by atoms with van der Waals surface area (Å²) in [5, 5.41) is 0.668. The molecule has 1 aromatic heterocycles. The summed E-state index contributed by atoms with van der Waals surface area (Å²) >= 11 is 6.38. The van der Waals surface area contributed by atoms with E-state index in [9.17, 15) is 4.79 Å². The third-order valence-corrected chi connectivity index (χ3v) is 4.02. The molecule has 2 heterocycles. The van der Waals surface area contributed by atoms with Gasteiger partial charge in [0.15, 0.2) is 0 Å². The third kappa shape index (κ3) is 4.74. The first kappa shape index (κ1) is 17.9. The molecular weight excluding hydrogens is 314 g/mol. The molecular formula is C17H26ClN3O2. The van der Waals surface area contributed by atoms with Crippen LogP contribution in [-0.2, 0) is 4.74 Å². The number of anilines is 1. The van der Waals surface area contributed by atoms with Crippen LogP contribution in [-0.4, -0.2) is 47.8 Å². The van der Waals surface area contributed by atoms with E-state index in [2.05, 4.69) is 23.7 Å². The van der Waals surface area contributed by atoms with Gasteiger partial charge in [-0.05, 0) is 38.3 Å². The highest BCUT2D eigenvalue weighted by molar-refractivity contribution is 6.33. The average Bonchev–Trinajstić information content (AvgIpc) is 2.45. The molecule has 0 saturated carbocycles. The number of nitrogens with zero attached hydrogens (tertiary/aromatic N) is 3. The molecule has 1 saturated heterocycles. The average molecular weight is 340 g/mol.